The van der Waals surface area contributed by atoms with Crippen molar-refractivity contribution in [1.82, 2.24) is 35.4 Å². The van der Waals surface area contributed by atoms with Crippen molar-refractivity contribution < 1.29 is 9.90 Å². The first-order valence-electron chi connectivity index (χ1n) is 13.7. The Kier molecular flexibility index (Phi) is 8.21. The number of hydrogen-bond acceptors (Lipinski definition) is 6. The Balaban J connectivity index is 1.31. The number of aryl methyl sites for hydroxylation is 1. The molecule has 4 aromatic rings. The predicted octanol–water partition coefficient (Wildman–Crippen LogP) is 5.34. The molecule has 9 nitrogen and oxygen atoms in total. The topological polar surface area (TPSA) is 122 Å². The average Bonchev–Trinajstić information content (AvgIpc) is 3.59. The maximum atomic E-state index is 11.1. The lowest BCUT2D eigenvalue weighted by Gasteiger charge is -2.27. The summed E-state index contributed by atoms with van der Waals surface area (Å²) < 4.78 is 2.08. The zero-order valence-electron chi connectivity index (χ0n) is 21.9. The summed E-state index contributed by atoms with van der Waals surface area (Å²) in [6.07, 6.45) is 8.38. The van der Waals surface area contributed by atoms with Crippen molar-refractivity contribution >= 4 is 5.97 Å². The third-order valence-electron chi connectivity index (χ3n) is 7.57. The molecule has 1 saturated carbocycles. The first-order valence-corrected chi connectivity index (χ1v) is 13.7. The molecule has 2 heterocycles. The van der Waals surface area contributed by atoms with Gasteiger partial charge in [-0.05, 0) is 71.1 Å². The van der Waals surface area contributed by atoms with Gasteiger partial charge in [0.2, 0.25) is 0 Å². The number of benzene rings is 2. The molecule has 0 amide bonds. The summed E-state index contributed by atoms with van der Waals surface area (Å²) in [5, 5.41) is 28.4. The van der Waals surface area contributed by atoms with Gasteiger partial charge in [-0.15, -0.1) is 5.10 Å². The van der Waals surface area contributed by atoms with Crippen LogP contribution >= 0.6 is 0 Å². The van der Waals surface area contributed by atoms with E-state index in [-0.39, 0.29) is 0 Å². The van der Waals surface area contributed by atoms with Crippen molar-refractivity contribution in [2.75, 3.05) is 0 Å². The monoisotopic (exact) mass is 513 g/mol. The largest absolute Gasteiger partial charge is 0.481 e. The molecule has 0 atom stereocenters. The van der Waals surface area contributed by atoms with Crippen molar-refractivity contribution in [2.24, 2.45) is 11.8 Å². The predicted molar refractivity (Wildman–Crippen MR) is 144 cm³/mol. The number of unbranched alkanes of at least 4 members (excludes halogenated alkanes) is 1. The molecule has 0 radical (unpaired) electrons. The number of aromatic amines is 1. The van der Waals surface area contributed by atoms with E-state index >= 15 is 0 Å². The van der Waals surface area contributed by atoms with Crippen LogP contribution in [0.1, 0.15) is 69.1 Å². The summed E-state index contributed by atoms with van der Waals surface area (Å²) >= 11 is 0. The standard InChI is InChI=1S/C29H35N7O2/c1-2-3-8-26-30-27(17-20-9-11-21(12-10-20)18-28(37)38)36(33-26)19-22-13-15-23(16-14-22)24-6-4-5-7-25(24)29-31-34-35-32-29/h4-7,13-16,20-21H,2-3,8-12,17-19H2,1H3,(H,37,38)(H,31,32,34,35). The molecule has 5 rings (SSSR count). The number of tetrazole rings is 1. The molecule has 0 bridgehead atoms. The highest BCUT2D eigenvalue weighted by Crippen LogP contribution is 2.33. The van der Waals surface area contributed by atoms with E-state index in [1.807, 2.05) is 18.2 Å². The van der Waals surface area contributed by atoms with Gasteiger partial charge in [-0.2, -0.15) is 5.10 Å². The lowest BCUT2D eigenvalue weighted by Crippen LogP contribution is -2.20. The van der Waals surface area contributed by atoms with E-state index in [1.165, 1.54) is 5.56 Å². The van der Waals surface area contributed by atoms with Crippen LogP contribution in [0.15, 0.2) is 48.5 Å². The van der Waals surface area contributed by atoms with Crippen LogP contribution < -0.4 is 0 Å². The number of carboxylic acids is 1. The third kappa shape index (κ3) is 6.33. The Morgan fingerprint density at radius 2 is 1.76 bits per heavy atom. The second kappa shape index (κ2) is 12.1. The number of nitrogens with zero attached hydrogens (tertiary/aromatic N) is 6. The van der Waals surface area contributed by atoms with E-state index in [4.69, 9.17) is 15.2 Å². The molecule has 0 spiro atoms. The SMILES string of the molecule is CCCCc1nc(CC2CCC(CC(=O)O)CC2)n(Cc2ccc(-c3ccccc3-c3nnn[nH]3)cc2)n1. The van der Waals surface area contributed by atoms with Crippen molar-refractivity contribution in [3.05, 3.63) is 65.7 Å². The fourth-order valence-electron chi connectivity index (χ4n) is 5.47. The first-order chi connectivity index (χ1) is 18.6. The van der Waals surface area contributed by atoms with Crippen molar-refractivity contribution in [2.45, 2.75) is 71.3 Å². The van der Waals surface area contributed by atoms with E-state index in [2.05, 4.69) is 62.6 Å². The van der Waals surface area contributed by atoms with E-state index < -0.39 is 5.97 Å². The van der Waals surface area contributed by atoms with Gasteiger partial charge < -0.3 is 5.11 Å². The highest BCUT2D eigenvalue weighted by atomic mass is 16.4. The highest BCUT2D eigenvalue weighted by molar-refractivity contribution is 5.80. The van der Waals surface area contributed by atoms with E-state index in [0.717, 1.165) is 79.7 Å². The van der Waals surface area contributed by atoms with Crippen LogP contribution in [-0.4, -0.2) is 46.5 Å². The number of hydrogen-bond donors (Lipinski definition) is 2. The molecule has 1 fully saturated rings. The van der Waals surface area contributed by atoms with Gasteiger partial charge in [-0.25, -0.2) is 14.8 Å². The Morgan fingerprint density at radius 1 is 1.03 bits per heavy atom. The fourth-order valence-corrected chi connectivity index (χ4v) is 5.47. The Morgan fingerprint density at radius 3 is 2.45 bits per heavy atom. The number of aliphatic carboxylic acids is 1. The molecule has 1 aliphatic carbocycles. The molecular formula is C29H35N7O2. The van der Waals surface area contributed by atoms with Gasteiger partial charge in [0.05, 0.1) is 6.54 Å². The molecule has 2 aromatic heterocycles. The van der Waals surface area contributed by atoms with Crippen LogP contribution in [0.2, 0.25) is 0 Å². The van der Waals surface area contributed by atoms with Gasteiger partial charge in [-0.1, -0.05) is 61.9 Å². The van der Waals surface area contributed by atoms with E-state index in [0.29, 0.717) is 30.6 Å². The van der Waals surface area contributed by atoms with Gasteiger partial charge in [0.25, 0.3) is 0 Å². The summed E-state index contributed by atoms with van der Waals surface area (Å²) in [6, 6.07) is 16.7. The van der Waals surface area contributed by atoms with Crippen molar-refractivity contribution in [1.29, 1.82) is 0 Å². The second-order valence-electron chi connectivity index (χ2n) is 10.4. The lowest BCUT2D eigenvalue weighted by molar-refractivity contribution is -0.138. The minimum Gasteiger partial charge on any atom is -0.481 e. The van der Waals surface area contributed by atoms with Crippen LogP contribution in [-0.2, 0) is 24.2 Å². The zero-order valence-corrected chi connectivity index (χ0v) is 21.9. The number of aromatic nitrogens is 7. The van der Waals surface area contributed by atoms with Crippen LogP contribution in [0.4, 0.5) is 0 Å². The molecule has 2 N–H and O–H groups in total. The number of carbonyl (C=O) groups is 1. The first kappa shape index (κ1) is 25.8. The van der Waals surface area contributed by atoms with E-state index in [1.54, 1.807) is 0 Å². The highest BCUT2D eigenvalue weighted by Gasteiger charge is 2.25. The maximum absolute atomic E-state index is 11.1. The second-order valence-corrected chi connectivity index (χ2v) is 10.4. The van der Waals surface area contributed by atoms with E-state index in [9.17, 15) is 4.79 Å². The van der Waals surface area contributed by atoms with Gasteiger partial charge in [0, 0.05) is 24.8 Å². The average molecular weight is 514 g/mol. The van der Waals surface area contributed by atoms with Gasteiger partial charge in [0.15, 0.2) is 11.6 Å². The molecule has 0 aliphatic heterocycles. The molecular weight excluding hydrogens is 478 g/mol. The third-order valence-corrected chi connectivity index (χ3v) is 7.57. The smallest absolute Gasteiger partial charge is 0.303 e. The Labute approximate surface area is 222 Å². The number of H-pyrrole nitrogens is 1. The molecule has 1 aliphatic rings. The summed E-state index contributed by atoms with van der Waals surface area (Å²) in [6.45, 7) is 2.86. The number of nitrogens with one attached hydrogen (secondary N) is 1. The Bertz CT molecular complexity index is 1320. The zero-order chi connectivity index (χ0) is 26.3. The number of rotatable bonds is 11. The minimum atomic E-state index is -0.682. The van der Waals surface area contributed by atoms with Gasteiger partial charge in [0.1, 0.15) is 5.82 Å². The summed E-state index contributed by atoms with van der Waals surface area (Å²) in [7, 11) is 0. The molecule has 0 unspecified atom stereocenters. The fraction of sp³-hybridized carbons (Fsp3) is 0.448. The number of carboxylic acid groups (broad SMARTS) is 1. The molecule has 0 saturated heterocycles. The quantitative estimate of drug-likeness (QED) is 0.277. The van der Waals surface area contributed by atoms with Crippen LogP contribution in [0, 0.1) is 11.8 Å². The normalized spacial score (nSPS) is 17.5. The Hall–Kier alpha value is -3.88. The lowest BCUT2D eigenvalue weighted by atomic mass is 9.79. The summed E-state index contributed by atoms with van der Waals surface area (Å²) in [5.74, 6) is 2.78. The van der Waals surface area contributed by atoms with Crippen molar-refractivity contribution in [3.8, 4) is 22.5 Å². The van der Waals surface area contributed by atoms with Gasteiger partial charge in [-0.3, -0.25) is 4.79 Å². The van der Waals surface area contributed by atoms with Gasteiger partial charge >= 0.3 is 5.97 Å². The van der Waals surface area contributed by atoms with Crippen LogP contribution in [0.3, 0.4) is 0 Å². The molecule has 38 heavy (non-hydrogen) atoms. The minimum absolute atomic E-state index is 0.291. The summed E-state index contributed by atoms with van der Waals surface area (Å²) in [5.41, 5.74) is 4.30. The summed E-state index contributed by atoms with van der Waals surface area (Å²) in [4.78, 5) is 16.0. The molecule has 2 aromatic carbocycles. The maximum Gasteiger partial charge on any atom is 0.303 e. The molecule has 198 valence electrons. The van der Waals surface area contributed by atoms with Crippen LogP contribution in [0.5, 0.6) is 0 Å². The van der Waals surface area contributed by atoms with Crippen LogP contribution in [0.25, 0.3) is 22.5 Å². The van der Waals surface area contributed by atoms with Crippen molar-refractivity contribution in [3.63, 3.8) is 0 Å². The molecule has 9 heteroatoms.